The second-order valence-corrected chi connectivity index (χ2v) is 6.82. The van der Waals surface area contributed by atoms with Gasteiger partial charge in [0.2, 0.25) is 0 Å². The number of anilines is 1. The number of halogens is 4. The molecule has 0 amide bonds. The summed E-state index contributed by atoms with van der Waals surface area (Å²) in [4.78, 5) is 10.1. The SMILES string of the molecule is CC.N=C/C(=C\C(N)=N\c1nc(N2CCC(F)CC2)ccc1F)c1ccc(OC(F)F)cc1. The second kappa shape index (κ2) is 12.6. The van der Waals surface area contributed by atoms with Crippen molar-refractivity contribution < 1.29 is 22.3 Å². The molecule has 1 saturated heterocycles. The first-order valence-electron chi connectivity index (χ1n) is 10.5. The molecule has 1 aromatic heterocycles. The summed E-state index contributed by atoms with van der Waals surface area (Å²) in [5, 5.41) is 7.58. The smallest absolute Gasteiger partial charge is 0.387 e. The van der Waals surface area contributed by atoms with Crippen LogP contribution in [0.5, 0.6) is 5.75 Å². The molecule has 0 unspecified atom stereocenters. The predicted octanol–water partition coefficient (Wildman–Crippen LogP) is 5.51. The Hall–Kier alpha value is -3.43. The molecule has 10 heteroatoms. The number of nitrogens with two attached hydrogens (primary N) is 1. The van der Waals surface area contributed by atoms with Crippen LogP contribution in [0.3, 0.4) is 0 Å². The average molecular weight is 465 g/mol. The highest BCUT2D eigenvalue weighted by Crippen LogP contribution is 2.24. The standard InChI is InChI=1S/C21H21F4N5O.C2H6/c22-15-7-9-30(10-8-15)19-6-5-17(23)20(29-19)28-18(27)11-14(12-26)13-1-3-16(4-2-13)31-21(24)25;1-2/h1-6,11-12,15,21,26H,7-10H2,(H2,27,28,29);1-2H3/b14-11+,26-12?;. The van der Waals surface area contributed by atoms with E-state index in [1.807, 2.05) is 18.7 Å². The molecule has 3 N–H and O–H groups in total. The van der Waals surface area contributed by atoms with Crippen molar-refractivity contribution in [2.24, 2.45) is 10.7 Å². The third-order valence-corrected chi connectivity index (χ3v) is 4.67. The van der Waals surface area contributed by atoms with E-state index in [2.05, 4.69) is 14.7 Å². The lowest BCUT2D eigenvalue weighted by atomic mass is 10.1. The molecule has 178 valence electrons. The first-order chi connectivity index (χ1) is 15.9. The quantitative estimate of drug-likeness (QED) is 0.321. The number of rotatable bonds is 7. The van der Waals surface area contributed by atoms with Crippen molar-refractivity contribution in [2.45, 2.75) is 39.5 Å². The summed E-state index contributed by atoms with van der Waals surface area (Å²) in [6, 6.07) is 8.35. The van der Waals surface area contributed by atoms with Crippen LogP contribution in [0, 0.1) is 11.2 Å². The van der Waals surface area contributed by atoms with E-state index in [1.165, 1.54) is 42.5 Å². The molecule has 3 rings (SSSR count). The fraction of sp³-hybridized carbons (Fsp3) is 0.348. The summed E-state index contributed by atoms with van der Waals surface area (Å²) in [5.74, 6) is -0.545. The van der Waals surface area contributed by atoms with Gasteiger partial charge in [0.05, 0.1) is 0 Å². The molecule has 0 spiro atoms. The molecule has 2 heterocycles. The lowest BCUT2D eigenvalue weighted by Gasteiger charge is -2.29. The van der Waals surface area contributed by atoms with E-state index >= 15 is 0 Å². The Morgan fingerprint density at radius 2 is 1.82 bits per heavy atom. The van der Waals surface area contributed by atoms with Crippen molar-refractivity contribution >= 4 is 29.3 Å². The molecule has 0 aliphatic carbocycles. The molecule has 1 aliphatic rings. The molecule has 0 atom stereocenters. The highest BCUT2D eigenvalue weighted by Gasteiger charge is 2.20. The molecule has 0 radical (unpaired) electrons. The van der Waals surface area contributed by atoms with Crippen molar-refractivity contribution in [3.05, 3.63) is 53.9 Å². The lowest BCUT2D eigenvalue weighted by Crippen LogP contribution is -2.34. The zero-order valence-electron chi connectivity index (χ0n) is 18.4. The molecule has 0 bridgehead atoms. The molecule has 1 aromatic carbocycles. The number of benzene rings is 1. The Labute approximate surface area is 190 Å². The van der Waals surface area contributed by atoms with Crippen molar-refractivity contribution in [1.29, 1.82) is 5.41 Å². The Balaban J connectivity index is 0.00000187. The van der Waals surface area contributed by atoms with Crippen LogP contribution in [0.25, 0.3) is 5.57 Å². The molecule has 0 saturated carbocycles. The topological polar surface area (TPSA) is 87.6 Å². The number of nitrogens with one attached hydrogen (secondary N) is 1. The summed E-state index contributed by atoms with van der Waals surface area (Å²) in [6.07, 6.45) is 2.27. The monoisotopic (exact) mass is 465 g/mol. The van der Waals surface area contributed by atoms with Crippen LogP contribution in [0.1, 0.15) is 32.3 Å². The largest absolute Gasteiger partial charge is 0.435 e. The van der Waals surface area contributed by atoms with Gasteiger partial charge in [-0.15, -0.1) is 0 Å². The van der Waals surface area contributed by atoms with E-state index in [0.717, 1.165) is 6.21 Å². The minimum Gasteiger partial charge on any atom is -0.435 e. The average Bonchev–Trinajstić information content (AvgIpc) is 2.81. The number of piperidine rings is 1. The zero-order valence-corrected chi connectivity index (χ0v) is 18.4. The maximum absolute atomic E-state index is 14.2. The summed E-state index contributed by atoms with van der Waals surface area (Å²) < 4.78 is 56.4. The van der Waals surface area contributed by atoms with Gasteiger partial charge >= 0.3 is 6.61 Å². The highest BCUT2D eigenvalue weighted by atomic mass is 19.3. The molecule has 33 heavy (non-hydrogen) atoms. The fourth-order valence-electron chi connectivity index (χ4n) is 3.10. The van der Waals surface area contributed by atoms with Crippen LogP contribution >= 0.6 is 0 Å². The predicted molar refractivity (Wildman–Crippen MR) is 123 cm³/mol. The number of allylic oxidation sites excluding steroid dienone is 1. The van der Waals surface area contributed by atoms with Gasteiger partial charge in [-0.25, -0.2) is 18.8 Å². The number of hydrogen-bond acceptors (Lipinski definition) is 5. The third kappa shape index (κ3) is 7.58. The number of aliphatic imine (C=N–C) groups is 1. The van der Waals surface area contributed by atoms with Gasteiger partial charge in [0.1, 0.15) is 23.6 Å². The summed E-state index contributed by atoms with van der Waals surface area (Å²) in [6.45, 7) is 2.01. The lowest BCUT2D eigenvalue weighted by molar-refractivity contribution is -0.0498. The van der Waals surface area contributed by atoms with Gasteiger partial charge in [-0.1, -0.05) is 26.0 Å². The van der Waals surface area contributed by atoms with Crippen molar-refractivity contribution in [2.75, 3.05) is 18.0 Å². The minimum atomic E-state index is -2.94. The van der Waals surface area contributed by atoms with Crippen molar-refractivity contribution in [1.82, 2.24) is 4.98 Å². The van der Waals surface area contributed by atoms with Crippen molar-refractivity contribution in [3.63, 3.8) is 0 Å². The Kier molecular flexibility index (Phi) is 9.84. The minimum absolute atomic E-state index is 0.0235. The third-order valence-electron chi connectivity index (χ3n) is 4.67. The molecular weight excluding hydrogens is 438 g/mol. The van der Waals surface area contributed by atoms with E-state index in [-0.39, 0.29) is 17.4 Å². The summed E-state index contributed by atoms with van der Waals surface area (Å²) >= 11 is 0. The number of amidine groups is 1. The number of pyridine rings is 1. The Morgan fingerprint density at radius 3 is 2.39 bits per heavy atom. The van der Waals surface area contributed by atoms with E-state index in [0.29, 0.717) is 42.9 Å². The van der Waals surface area contributed by atoms with Gasteiger partial charge in [-0.05, 0) is 48.7 Å². The van der Waals surface area contributed by atoms with Gasteiger partial charge < -0.3 is 20.8 Å². The van der Waals surface area contributed by atoms with Gasteiger partial charge in [-0.3, -0.25) is 0 Å². The van der Waals surface area contributed by atoms with Gasteiger partial charge in [0.15, 0.2) is 11.6 Å². The summed E-state index contributed by atoms with van der Waals surface area (Å²) in [5.41, 5.74) is 6.74. The van der Waals surface area contributed by atoms with Crippen LogP contribution < -0.4 is 15.4 Å². The maximum Gasteiger partial charge on any atom is 0.387 e. The number of alkyl halides is 3. The van der Waals surface area contributed by atoms with Crippen LogP contribution in [-0.2, 0) is 0 Å². The number of nitrogens with zero attached hydrogens (tertiary/aromatic N) is 3. The first-order valence-corrected chi connectivity index (χ1v) is 10.5. The van der Waals surface area contributed by atoms with Crippen molar-refractivity contribution in [3.8, 4) is 5.75 Å². The molecule has 2 aromatic rings. The summed E-state index contributed by atoms with van der Waals surface area (Å²) in [7, 11) is 0. The van der Waals surface area contributed by atoms with E-state index < -0.39 is 18.6 Å². The van der Waals surface area contributed by atoms with Crippen LogP contribution in [0.15, 0.2) is 47.5 Å². The van der Waals surface area contributed by atoms with Gasteiger partial charge in [0, 0.05) is 24.9 Å². The molecule has 6 nitrogen and oxygen atoms in total. The van der Waals surface area contributed by atoms with Gasteiger partial charge in [0.25, 0.3) is 0 Å². The van der Waals surface area contributed by atoms with Crippen LogP contribution in [0.2, 0.25) is 0 Å². The molecule has 1 fully saturated rings. The number of aromatic nitrogens is 1. The molecule has 1 aliphatic heterocycles. The van der Waals surface area contributed by atoms with Crippen LogP contribution in [0.4, 0.5) is 29.2 Å². The van der Waals surface area contributed by atoms with Gasteiger partial charge in [-0.2, -0.15) is 8.78 Å². The Bertz CT molecular complexity index is 971. The van der Waals surface area contributed by atoms with E-state index in [4.69, 9.17) is 11.1 Å². The first kappa shape index (κ1) is 25.8. The van der Waals surface area contributed by atoms with E-state index in [1.54, 1.807) is 0 Å². The van der Waals surface area contributed by atoms with Crippen LogP contribution in [-0.4, -0.2) is 42.9 Å². The zero-order chi connectivity index (χ0) is 24.4. The Morgan fingerprint density at radius 1 is 1.18 bits per heavy atom. The second-order valence-electron chi connectivity index (χ2n) is 6.82. The molecular formula is C23H27F4N5O. The van der Waals surface area contributed by atoms with E-state index in [9.17, 15) is 17.6 Å². The number of ether oxygens (including phenoxy) is 1. The number of hydrogen-bond donors (Lipinski definition) is 2. The maximum atomic E-state index is 14.2. The highest BCUT2D eigenvalue weighted by molar-refractivity contribution is 6.15. The normalized spacial score (nSPS) is 15.2. The fourth-order valence-corrected chi connectivity index (χ4v) is 3.10.